The van der Waals surface area contributed by atoms with Crippen LogP contribution in [0.4, 0.5) is 13.2 Å². The van der Waals surface area contributed by atoms with Crippen LogP contribution in [-0.2, 0) is 9.59 Å². The number of rotatable bonds is 2. The van der Waals surface area contributed by atoms with Gasteiger partial charge in [-0.2, -0.15) is 13.2 Å². The first-order chi connectivity index (χ1) is 10.3. The zero-order valence-corrected chi connectivity index (χ0v) is 12.7. The molecule has 5 nitrogen and oxygen atoms in total. The van der Waals surface area contributed by atoms with E-state index in [2.05, 4.69) is 5.32 Å². The molecule has 8 heteroatoms. The predicted octanol–water partition coefficient (Wildman–Crippen LogP) is 0.998. The maximum Gasteiger partial charge on any atom is 0.471 e. The number of piperidine rings is 2. The Kier molecular flexibility index (Phi) is 5.31. The van der Waals surface area contributed by atoms with Crippen molar-refractivity contribution in [2.24, 2.45) is 5.92 Å². The summed E-state index contributed by atoms with van der Waals surface area (Å²) in [5.74, 6) is -2.11. The summed E-state index contributed by atoms with van der Waals surface area (Å²) in [5, 5.41) is 3.24. The Hall–Kier alpha value is -1.31. The highest BCUT2D eigenvalue weighted by Crippen LogP contribution is 2.25. The normalized spacial score (nSPS) is 24.2. The Bertz CT molecular complexity index is 414. The molecule has 0 bridgehead atoms. The molecule has 1 N–H and O–H groups in total. The van der Waals surface area contributed by atoms with Crippen molar-refractivity contribution in [2.75, 3.05) is 33.2 Å². The lowest BCUT2D eigenvalue weighted by Gasteiger charge is -2.37. The van der Waals surface area contributed by atoms with Crippen molar-refractivity contribution in [3.63, 3.8) is 0 Å². The molecule has 2 rings (SSSR count). The number of amides is 2. The molecule has 0 saturated carbocycles. The van der Waals surface area contributed by atoms with Gasteiger partial charge in [-0.15, -0.1) is 0 Å². The fourth-order valence-corrected chi connectivity index (χ4v) is 3.14. The zero-order valence-electron chi connectivity index (χ0n) is 12.7. The Morgan fingerprint density at radius 3 is 2.32 bits per heavy atom. The van der Waals surface area contributed by atoms with Crippen molar-refractivity contribution >= 4 is 11.8 Å². The molecule has 0 aromatic rings. The van der Waals surface area contributed by atoms with Crippen LogP contribution in [0.1, 0.15) is 25.7 Å². The lowest BCUT2D eigenvalue weighted by atomic mass is 9.94. The van der Waals surface area contributed by atoms with E-state index < -0.39 is 12.1 Å². The molecule has 2 saturated heterocycles. The van der Waals surface area contributed by atoms with Crippen LogP contribution in [0.15, 0.2) is 0 Å². The minimum atomic E-state index is -4.83. The molecule has 2 fully saturated rings. The number of nitrogens with one attached hydrogen (secondary N) is 1. The van der Waals surface area contributed by atoms with Crippen LogP contribution in [0.3, 0.4) is 0 Å². The Morgan fingerprint density at radius 2 is 1.82 bits per heavy atom. The molecular weight excluding hydrogens is 299 g/mol. The van der Waals surface area contributed by atoms with E-state index in [1.54, 1.807) is 11.9 Å². The number of nitrogens with zero attached hydrogens (tertiary/aromatic N) is 2. The van der Waals surface area contributed by atoms with E-state index in [1.807, 2.05) is 0 Å². The number of halogens is 3. The third-order valence-electron chi connectivity index (χ3n) is 4.54. The monoisotopic (exact) mass is 321 g/mol. The highest BCUT2D eigenvalue weighted by molar-refractivity contribution is 5.83. The highest BCUT2D eigenvalue weighted by atomic mass is 19.4. The van der Waals surface area contributed by atoms with Crippen LogP contribution in [0, 0.1) is 5.92 Å². The van der Waals surface area contributed by atoms with Crippen molar-refractivity contribution in [2.45, 2.75) is 37.9 Å². The first-order valence-corrected chi connectivity index (χ1v) is 7.64. The van der Waals surface area contributed by atoms with E-state index >= 15 is 0 Å². The molecular formula is C14H22F3N3O2. The number of likely N-dealkylation sites (tertiary alicyclic amines) is 1. The number of carbonyl (C=O) groups excluding carboxylic acids is 2. The molecule has 22 heavy (non-hydrogen) atoms. The third kappa shape index (κ3) is 3.91. The Morgan fingerprint density at radius 1 is 1.18 bits per heavy atom. The topological polar surface area (TPSA) is 52.7 Å². The smallest absolute Gasteiger partial charge is 0.341 e. The molecule has 2 aliphatic rings. The summed E-state index contributed by atoms with van der Waals surface area (Å²) in [6.45, 7) is 1.70. The second-order valence-electron chi connectivity index (χ2n) is 6.01. The Labute approximate surface area is 127 Å². The number of hydrogen-bond donors (Lipinski definition) is 1. The van der Waals surface area contributed by atoms with Crippen LogP contribution >= 0.6 is 0 Å². The van der Waals surface area contributed by atoms with Crippen molar-refractivity contribution < 1.29 is 22.8 Å². The summed E-state index contributed by atoms with van der Waals surface area (Å²) < 4.78 is 37.2. The van der Waals surface area contributed by atoms with Gasteiger partial charge in [0.2, 0.25) is 5.91 Å². The summed E-state index contributed by atoms with van der Waals surface area (Å²) in [7, 11) is 1.76. The van der Waals surface area contributed by atoms with E-state index in [9.17, 15) is 22.8 Å². The first-order valence-electron chi connectivity index (χ1n) is 7.64. The molecule has 0 aliphatic carbocycles. The van der Waals surface area contributed by atoms with E-state index in [4.69, 9.17) is 0 Å². The van der Waals surface area contributed by atoms with Crippen molar-refractivity contribution in [1.29, 1.82) is 0 Å². The standard InChI is InChI=1S/C14H22F3N3O2/c1-19(11-3-2-6-18-9-11)12(21)10-4-7-20(8-5-10)13(22)14(15,16)17/h10-11,18H,2-9H2,1H3. The van der Waals surface area contributed by atoms with Gasteiger partial charge in [0.25, 0.3) is 0 Å². The maximum absolute atomic E-state index is 12.4. The van der Waals surface area contributed by atoms with Gasteiger partial charge in [-0.1, -0.05) is 0 Å². The summed E-state index contributed by atoms with van der Waals surface area (Å²) in [6, 6.07) is 0.149. The van der Waals surface area contributed by atoms with Gasteiger partial charge < -0.3 is 15.1 Å². The van der Waals surface area contributed by atoms with E-state index in [0.29, 0.717) is 12.8 Å². The molecule has 126 valence electrons. The summed E-state index contributed by atoms with van der Waals surface area (Å²) in [4.78, 5) is 26.1. The van der Waals surface area contributed by atoms with Crippen LogP contribution in [0.25, 0.3) is 0 Å². The van der Waals surface area contributed by atoms with Crippen LogP contribution in [0.2, 0.25) is 0 Å². The van der Waals surface area contributed by atoms with Gasteiger partial charge in [0.05, 0.1) is 0 Å². The average Bonchev–Trinajstić information content (AvgIpc) is 2.53. The number of likely N-dealkylation sites (N-methyl/N-ethyl adjacent to an activating group) is 1. The number of alkyl halides is 3. The average molecular weight is 321 g/mol. The quantitative estimate of drug-likeness (QED) is 0.825. The molecule has 1 unspecified atom stereocenters. The Balaban J connectivity index is 1.85. The van der Waals surface area contributed by atoms with Gasteiger partial charge in [0.15, 0.2) is 0 Å². The zero-order chi connectivity index (χ0) is 16.3. The molecule has 0 aromatic carbocycles. The van der Waals surface area contributed by atoms with Gasteiger partial charge in [-0.25, -0.2) is 0 Å². The summed E-state index contributed by atoms with van der Waals surface area (Å²) in [5.41, 5.74) is 0. The molecule has 2 heterocycles. The predicted molar refractivity (Wildman–Crippen MR) is 74.0 cm³/mol. The van der Waals surface area contributed by atoms with Crippen LogP contribution in [-0.4, -0.2) is 67.1 Å². The fraction of sp³-hybridized carbons (Fsp3) is 0.857. The minimum absolute atomic E-state index is 0.00843. The lowest BCUT2D eigenvalue weighted by molar-refractivity contribution is -0.187. The van der Waals surface area contributed by atoms with Crippen molar-refractivity contribution in [3.05, 3.63) is 0 Å². The first kappa shape index (κ1) is 17.1. The third-order valence-corrected chi connectivity index (χ3v) is 4.54. The van der Waals surface area contributed by atoms with Gasteiger partial charge in [-0.3, -0.25) is 9.59 Å². The van der Waals surface area contributed by atoms with Gasteiger partial charge >= 0.3 is 12.1 Å². The molecule has 2 aliphatic heterocycles. The van der Waals surface area contributed by atoms with Gasteiger partial charge in [0.1, 0.15) is 0 Å². The fourth-order valence-electron chi connectivity index (χ4n) is 3.14. The van der Waals surface area contributed by atoms with Gasteiger partial charge in [0, 0.05) is 38.6 Å². The highest BCUT2D eigenvalue weighted by Gasteiger charge is 2.44. The molecule has 2 amide bonds. The van der Waals surface area contributed by atoms with E-state index in [0.717, 1.165) is 30.8 Å². The molecule has 0 radical (unpaired) electrons. The van der Waals surface area contributed by atoms with Crippen molar-refractivity contribution in [1.82, 2.24) is 15.1 Å². The molecule has 0 aromatic heterocycles. The number of carbonyl (C=O) groups is 2. The molecule has 0 spiro atoms. The van der Waals surface area contributed by atoms with Crippen LogP contribution < -0.4 is 5.32 Å². The van der Waals surface area contributed by atoms with E-state index in [-0.39, 0.29) is 31.0 Å². The van der Waals surface area contributed by atoms with Crippen LogP contribution in [0.5, 0.6) is 0 Å². The lowest BCUT2D eigenvalue weighted by Crippen LogP contribution is -2.51. The minimum Gasteiger partial charge on any atom is -0.341 e. The second-order valence-corrected chi connectivity index (χ2v) is 6.01. The second kappa shape index (κ2) is 6.85. The van der Waals surface area contributed by atoms with E-state index in [1.165, 1.54) is 0 Å². The van der Waals surface area contributed by atoms with Gasteiger partial charge in [-0.05, 0) is 32.2 Å². The maximum atomic E-state index is 12.4. The summed E-state index contributed by atoms with van der Waals surface area (Å²) >= 11 is 0. The summed E-state index contributed by atoms with van der Waals surface area (Å²) in [6.07, 6.45) is -2.28. The number of hydrogen-bond acceptors (Lipinski definition) is 3. The van der Waals surface area contributed by atoms with Crippen molar-refractivity contribution in [3.8, 4) is 0 Å². The largest absolute Gasteiger partial charge is 0.471 e. The SMILES string of the molecule is CN(C(=O)C1CCN(C(=O)C(F)(F)F)CC1)C1CCCNC1. The molecule has 1 atom stereocenters.